The Labute approximate surface area is 161 Å². The van der Waals surface area contributed by atoms with E-state index in [0.29, 0.717) is 35.4 Å². The van der Waals surface area contributed by atoms with Gasteiger partial charge in [0.25, 0.3) is 5.91 Å². The molecule has 0 saturated heterocycles. The Morgan fingerprint density at radius 2 is 2.00 bits per heavy atom. The lowest BCUT2D eigenvalue weighted by molar-refractivity contribution is 0.102. The topological polar surface area (TPSA) is 92.9 Å². The summed E-state index contributed by atoms with van der Waals surface area (Å²) in [6, 6.07) is 13.0. The number of hydrogen-bond donors (Lipinski definition) is 2. The van der Waals surface area contributed by atoms with E-state index < -0.39 is 0 Å². The van der Waals surface area contributed by atoms with Gasteiger partial charge in [-0.3, -0.25) is 9.78 Å². The molecule has 7 nitrogen and oxygen atoms in total. The first-order chi connectivity index (χ1) is 13.7. The fourth-order valence-electron chi connectivity index (χ4n) is 3.05. The van der Waals surface area contributed by atoms with Crippen molar-refractivity contribution in [3.63, 3.8) is 0 Å². The summed E-state index contributed by atoms with van der Waals surface area (Å²) < 4.78 is 1.92. The minimum Gasteiger partial charge on any atom is -0.396 e. The molecule has 28 heavy (non-hydrogen) atoms. The predicted octanol–water partition coefficient (Wildman–Crippen LogP) is 2.66. The largest absolute Gasteiger partial charge is 0.396 e. The number of carbonyl (C=O) groups excluding carboxylic acids is 1. The van der Waals surface area contributed by atoms with Crippen molar-refractivity contribution in [1.29, 1.82) is 0 Å². The van der Waals surface area contributed by atoms with Crippen LogP contribution in [0.4, 0.5) is 5.69 Å². The molecule has 4 aromatic rings. The number of carbonyl (C=O) groups is 1. The van der Waals surface area contributed by atoms with Gasteiger partial charge in [0.05, 0.1) is 18.4 Å². The minimum absolute atomic E-state index is 0.0226. The third kappa shape index (κ3) is 3.74. The normalized spacial score (nSPS) is 10.9. The maximum absolute atomic E-state index is 12.7. The Kier molecular flexibility index (Phi) is 5.07. The number of anilines is 1. The van der Waals surface area contributed by atoms with E-state index in [4.69, 9.17) is 0 Å². The molecule has 0 radical (unpaired) electrons. The molecule has 140 valence electrons. The molecule has 0 bridgehead atoms. The van der Waals surface area contributed by atoms with Crippen LogP contribution in [-0.2, 0) is 13.0 Å². The summed E-state index contributed by atoms with van der Waals surface area (Å²) in [4.78, 5) is 25.6. The fraction of sp³-hybridized carbons (Fsp3) is 0.143. The molecule has 0 aliphatic heterocycles. The number of benzene rings is 1. The quantitative estimate of drug-likeness (QED) is 0.542. The van der Waals surface area contributed by atoms with Crippen LogP contribution >= 0.6 is 0 Å². The van der Waals surface area contributed by atoms with Gasteiger partial charge in [-0.25, -0.2) is 9.97 Å². The molecule has 1 amide bonds. The number of para-hydroxylation sites is 1. The van der Waals surface area contributed by atoms with Gasteiger partial charge in [-0.2, -0.15) is 0 Å². The number of nitrogens with one attached hydrogen (secondary N) is 1. The van der Waals surface area contributed by atoms with Crippen molar-refractivity contribution in [2.45, 2.75) is 13.0 Å². The highest BCUT2D eigenvalue weighted by Crippen LogP contribution is 2.18. The second-order valence-electron chi connectivity index (χ2n) is 6.39. The zero-order valence-corrected chi connectivity index (χ0v) is 15.1. The highest BCUT2D eigenvalue weighted by Gasteiger charge is 2.12. The summed E-state index contributed by atoms with van der Waals surface area (Å²) in [7, 11) is 0. The molecule has 3 aromatic heterocycles. The molecular weight excluding hydrogens is 354 g/mol. The maximum atomic E-state index is 12.7. The van der Waals surface area contributed by atoms with E-state index in [1.54, 1.807) is 31.0 Å². The molecule has 2 N–H and O–H groups in total. The van der Waals surface area contributed by atoms with E-state index in [2.05, 4.69) is 20.3 Å². The Morgan fingerprint density at radius 1 is 1.11 bits per heavy atom. The number of aliphatic hydroxyl groups excluding tert-OH is 1. The summed E-state index contributed by atoms with van der Waals surface area (Å²) in [5, 5.41) is 12.1. The predicted molar refractivity (Wildman–Crippen MR) is 106 cm³/mol. The fourth-order valence-corrected chi connectivity index (χ4v) is 3.05. The van der Waals surface area contributed by atoms with Gasteiger partial charge in [-0.15, -0.1) is 0 Å². The van der Waals surface area contributed by atoms with Gasteiger partial charge < -0.3 is 15.0 Å². The first kappa shape index (κ1) is 17.8. The Bertz CT molecular complexity index is 1110. The second-order valence-corrected chi connectivity index (χ2v) is 6.39. The van der Waals surface area contributed by atoms with Crippen LogP contribution in [0, 0.1) is 0 Å². The molecule has 0 aliphatic carbocycles. The SMILES string of the molecule is O=C(Nc1ccccc1CCO)c1cnc2c(c1)ncn2Cc1cccnc1. The van der Waals surface area contributed by atoms with Crippen molar-refractivity contribution in [2.24, 2.45) is 0 Å². The third-order valence-electron chi connectivity index (χ3n) is 4.44. The Balaban J connectivity index is 1.56. The Morgan fingerprint density at radius 3 is 2.82 bits per heavy atom. The first-order valence-corrected chi connectivity index (χ1v) is 8.94. The molecule has 0 atom stereocenters. The summed E-state index contributed by atoms with van der Waals surface area (Å²) in [6.45, 7) is 0.631. The van der Waals surface area contributed by atoms with Crippen molar-refractivity contribution in [3.8, 4) is 0 Å². The lowest BCUT2D eigenvalue weighted by atomic mass is 10.1. The number of aromatic nitrogens is 4. The van der Waals surface area contributed by atoms with Crippen LogP contribution in [0.25, 0.3) is 11.2 Å². The highest BCUT2D eigenvalue weighted by atomic mass is 16.3. The van der Waals surface area contributed by atoms with E-state index >= 15 is 0 Å². The van der Waals surface area contributed by atoms with Crippen molar-refractivity contribution < 1.29 is 9.90 Å². The average molecular weight is 373 g/mol. The lowest BCUT2D eigenvalue weighted by Gasteiger charge is -2.10. The smallest absolute Gasteiger partial charge is 0.257 e. The van der Waals surface area contributed by atoms with E-state index in [1.165, 1.54) is 0 Å². The van der Waals surface area contributed by atoms with Gasteiger partial charge in [0.2, 0.25) is 0 Å². The molecule has 0 spiro atoms. The zero-order chi connectivity index (χ0) is 19.3. The molecule has 4 rings (SSSR count). The Hall–Kier alpha value is -3.58. The number of nitrogens with zero attached hydrogens (tertiary/aromatic N) is 4. The number of pyridine rings is 2. The molecule has 0 aliphatic rings. The van der Waals surface area contributed by atoms with Crippen LogP contribution in [0.15, 0.2) is 67.4 Å². The minimum atomic E-state index is -0.262. The van der Waals surface area contributed by atoms with Gasteiger partial charge in [0, 0.05) is 30.9 Å². The van der Waals surface area contributed by atoms with Gasteiger partial charge in [-0.05, 0) is 35.7 Å². The average Bonchev–Trinajstić information content (AvgIpc) is 3.12. The number of imidazole rings is 1. The van der Waals surface area contributed by atoms with Crippen LogP contribution in [0.2, 0.25) is 0 Å². The number of rotatable bonds is 6. The van der Waals surface area contributed by atoms with Crippen LogP contribution in [0.1, 0.15) is 21.5 Å². The highest BCUT2D eigenvalue weighted by molar-refractivity contribution is 6.05. The van der Waals surface area contributed by atoms with Crippen LogP contribution in [0.5, 0.6) is 0 Å². The molecule has 0 saturated carbocycles. The number of hydrogen-bond acceptors (Lipinski definition) is 5. The molecule has 0 fully saturated rings. The standard InChI is InChI=1S/C21H19N5O2/c27-9-7-16-5-1-2-6-18(16)25-21(28)17-10-19-20(23-12-17)26(14-24-19)13-15-4-3-8-22-11-15/h1-6,8,10-12,14,27H,7,9,13H2,(H,25,28). The molecule has 1 aromatic carbocycles. The molecule has 3 heterocycles. The van der Waals surface area contributed by atoms with Crippen LogP contribution in [0.3, 0.4) is 0 Å². The van der Waals surface area contributed by atoms with Gasteiger partial charge in [0.1, 0.15) is 5.52 Å². The summed E-state index contributed by atoms with van der Waals surface area (Å²) in [6.07, 6.45) is 7.28. The van der Waals surface area contributed by atoms with Crippen LogP contribution < -0.4 is 5.32 Å². The molecular formula is C21H19N5O2. The number of fused-ring (bicyclic) bond motifs is 1. The summed E-state index contributed by atoms with van der Waals surface area (Å²) in [5.41, 5.74) is 4.40. The molecule has 0 unspecified atom stereocenters. The van der Waals surface area contributed by atoms with Gasteiger partial charge in [0.15, 0.2) is 5.65 Å². The van der Waals surface area contributed by atoms with Crippen LogP contribution in [-0.4, -0.2) is 37.1 Å². The van der Waals surface area contributed by atoms with Crippen molar-refractivity contribution in [1.82, 2.24) is 19.5 Å². The lowest BCUT2D eigenvalue weighted by Crippen LogP contribution is -2.14. The van der Waals surface area contributed by atoms with Crippen molar-refractivity contribution >= 4 is 22.8 Å². The second kappa shape index (κ2) is 7.98. The summed E-state index contributed by atoms with van der Waals surface area (Å²) in [5.74, 6) is -0.262. The van der Waals surface area contributed by atoms with Gasteiger partial charge in [-0.1, -0.05) is 24.3 Å². The first-order valence-electron chi connectivity index (χ1n) is 8.94. The van der Waals surface area contributed by atoms with E-state index in [0.717, 1.165) is 11.1 Å². The van der Waals surface area contributed by atoms with E-state index in [-0.39, 0.29) is 12.5 Å². The van der Waals surface area contributed by atoms with Crippen molar-refractivity contribution in [2.75, 3.05) is 11.9 Å². The maximum Gasteiger partial charge on any atom is 0.257 e. The monoisotopic (exact) mass is 373 g/mol. The van der Waals surface area contributed by atoms with E-state index in [1.807, 2.05) is 41.0 Å². The van der Waals surface area contributed by atoms with E-state index in [9.17, 15) is 9.90 Å². The molecule has 7 heteroatoms. The zero-order valence-electron chi connectivity index (χ0n) is 15.1. The van der Waals surface area contributed by atoms with Crippen molar-refractivity contribution in [3.05, 3.63) is 84.1 Å². The number of amides is 1. The third-order valence-corrected chi connectivity index (χ3v) is 4.44. The summed E-state index contributed by atoms with van der Waals surface area (Å²) >= 11 is 0. The number of aliphatic hydroxyl groups is 1. The van der Waals surface area contributed by atoms with Gasteiger partial charge >= 0.3 is 0 Å².